The number of nitrogens with zero attached hydrogens (tertiary/aromatic N) is 2. The molecule has 0 amide bonds. The number of carbonyl (C=O) groups excluding carboxylic acids is 1. The van der Waals surface area contributed by atoms with Gasteiger partial charge < -0.3 is 10.1 Å². The van der Waals surface area contributed by atoms with Crippen molar-refractivity contribution in [1.82, 2.24) is 9.97 Å². The predicted molar refractivity (Wildman–Crippen MR) is 109 cm³/mol. The van der Waals surface area contributed by atoms with E-state index >= 15 is 0 Å². The van der Waals surface area contributed by atoms with Crippen molar-refractivity contribution < 1.29 is 9.53 Å². The molecule has 3 rings (SSSR count). The van der Waals surface area contributed by atoms with E-state index in [1.807, 2.05) is 54.8 Å². The van der Waals surface area contributed by atoms with Gasteiger partial charge in [0.1, 0.15) is 11.6 Å². The van der Waals surface area contributed by atoms with E-state index in [-0.39, 0.29) is 11.9 Å². The number of rotatable bonds is 6. The summed E-state index contributed by atoms with van der Waals surface area (Å²) in [6, 6.07) is 19.1. The quantitative estimate of drug-likeness (QED) is 0.276. The van der Waals surface area contributed by atoms with Gasteiger partial charge in [0, 0.05) is 17.3 Å². The van der Waals surface area contributed by atoms with Crippen molar-refractivity contribution in [3.05, 3.63) is 60.7 Å². The van der Waals surface area contributed by atoms with Gasteiger partial charge in [0.05, 0.1) is 11.6 Å². The van der Waals surface area contributed by atoms with Gasteiger partial charge in [-0.1, -0.05) is 55.9 Å². The van der Waals surface area contributed by atoms with Crippen LogP contribution in [0, 0.1) is 5.92 Å². The molecule has 1 N–H and O–H groups in total. The third-order valence-corrected chi connectivity index (χ3v) is 4.32. The van der Waals surface area contributed by atoms with Crippen molar-refractivity contribution in [2.24, 2.45) is 5.92 Å². The maximum absolute atomic E-state index is 11.7. The largest absolute Gasteiger partial charge is 0.426 e. The van der Waals surface area contributed by atoms with Gasteiger partial charge in [0.25, 0.3) is 0 Å². The number of hydrogen-bond acceptors (Lipinski definition) is 6. The summed E-state index contributed by atoms with van der Waals surface area (Å²) in [6.45, 7) is 3.61. The molecule has 0 radical (unpaired) electrons. The first-order valence-corrected chi connectivity index (χ1v) is 9.85. The Balaban J connectivity index is 1.80. The van der Waals surface area contributed by atoms with Crippen LogP contribution in [-0.2, 0) is 4.79 Å². The Hall–Kier alpha value is -2.86. The highest BCUT2D eigenvalue weighted by atomic mass is 32.2. The van der Waals surface area contributed by atoms with Crippen molar-refractivity contribution >= 4 is 29.2 Å². The van der Waals surface area contributed by atoms with E-state index in [1.54, 1.807) is 26.0 Å². The van der Waals surface area contributed by atoms with Crippen molar-refractivity contribution in [1.29, 1.82) is 0 Å². The van der Waals surface area contributed by atoms with E-state index < -0.39 is 0 Å². The Bertz CT molecular complexity index is 912. The molecule has 2 aromatic carbocycles. The molecule has 1 heterocycles. The molecule has 0 atom stereocenters. The first-order valence-electron chi connectivity index (χ1n) is 8.62. The summed E-state index contributed by atoms with van der Waals surface area (Å²) < 4.78 is 5.30. The van der Waals surface area contributed by atoms with Crippen LogP contribution in [0.3, 0.4) is 0 Å². The number of nitrogens with one attached hydrogen (secondary N) is 1. The van der Waals surface area contributed by atoms with Gasteiger partial charge in [-0.2, -0.15) is 0 Å². The zero-order chi connectivity index (χ0) is 19.2. The molecule has 0 aliphatic carbocycles. The third-order valence-electron chi connectivity index (χ3n) is 3.77. The standard InChI is InChI=1S/C21H21N3O2S/c1-14(2)20(25)26-17-11-9-16(10-12-17)22-19-13-18(23-21(24-19)27-3)15-7-5-4-6-8-15/h4-14H,1-3H3,(H,22,23,24). The first-order chi connectivity index (χ1) is 13.0. The molecular weight excluding hydrogens is 358 g/mol. The summed E-state index contributed by atoms with van der Waals surface area (Å²) in [5.74, 6) is 0.825. The number of carbonyl (C=O) groups is 1. The predicted octanol–water partition coefficient (Wildman–Crippen LogP) is 5.17. The summed E-state index contributed by atoms with van der Waals surface area (Å²) in [5, 5.41) is 3.98. The first kappa shape index (κ1) is 18.9. The SMILES string of the molecule is CSc1nc(Nc2ccc(OC(=O)C(C)C)cc2)cc(-c2ccccc2)n1. The maximum Gasteiger partial charge on any atom is 0.313 e. The monoisotopic (exact) mass is 379 g/mol. The van der Waals surface area contributed by atoms with Gasteiger partial charge in [-0.3, -0.25) is 4.79 Å². The van der Waals surface area contributed by atoms with Crippen molar-refractivity contribution in [2.75, 3.05) is 11.6 Å². The molecule has 5 nitrogen and oxygen atoms in total. The second kappa shape index (κ2) is 8.68. The third kappa shape index (κ3) is 5.08. The van der Waals surface area contributed by atoms with Gasteiger partial charge >= 0.3 is 5.97 Å². The summed E-state index contributed by atoms with van der Waals surface area (Å²) >= 11 is 1.49. The van der Waals surface area contributed by atoms with E-state index in [4.69, 9.17) is 4.74 Å². The van der Waals surface area contributed by atoms with Gasteiger partial charge in [0.2, 0.25) is 0 Å². The second-order valence-electron chi connectivity index (χ2n) is 6.22. The number of thioether (sulfide) groups is 1. The van der Waals surface area contributed by atoms with Crippen LogP contribution in [0.5, 0.6) is 5.75 Å². The van der Waals surface area contributed by atoms with Crippen LogP contribution in [0.15, 0.2) is 65.8 Å². The molecule has 1 aromatic heterocycles. The lowest BCUT2D eigenvalue weighted by atomic mass is 10.1. The normalized spacial score (nSPS) is 10.7. The van der Waals surface area contributed by atoms with E-state index in [2.05, 4.69) is 15.3 Å². The van der Waals surface area contributed by atoms with Crippen LogP contribution < -0.4 is 10.1 Å². The lowest BCUT2D eigenvalue weighted by Crippen LogP contribution is -2.14. The Kier molecular flexibility index (Phi) is 6.08. The second-order valence-corrected chi connectivity index (χ2v) is 6.99. The Labute approximate surface area is 163 Å². The van der Waals surface area contributed by atoms with Crippen LogP contribution in [0.1, 0.15) is 13.8 Å². The highest BCUT2D eigenvalue weighted by Crippen LogP contribution is 2.25. The smallest absolute Gasteiger partial charge is 0.313 e. The van der Waals surface area contributed by atoms with Crippen molar-refractivity contribution in [3.8, 4) is 17.0 Å². The van der Waals surface area contributed by atoms with E-state index in [1.165, 1.54) is 11.8 Å². The fourth-order valence-corrected chi connectivity index (χ4v) is 2.70. The van der Waals surface area contributed by atoms with E-state index in [0.717, 1.165) is 16.9 Å². The topological polar surface area (TPSA) is 64.1 Å². The van der Waals surface area contributed by atoms with Gasteiger partial charge in [-0.05, 0) is 30.5 Å². The minimum absolute atomic E-state index is 0.162. The number of hydrogen-bond donors (Lipinski definition) is 1. The van der Waals surface area contributed by atoms with Crippen LogP contribution in [0.25, 0.3) is 11.3 Å². The molecule has 6 heteroatoms. The summed E-state index contributed by atoms with van der Waals surface area (Å²) in [7, 11) is 0. The molecule has 3 aromatic rings. The van der Waals surface area contributed by atoms with Crippen LogP contribution in [0.4, 0.5) is 11.5 Å². The highest BCUT2D eigenvalue weighted by molar-refractivity contribution is 7.98. The molecule has 0 aliphatic heterocycles. The fourth-order valence-electron chi connectivity index (χ4n) is 2.33. The lowest BCUT2D eigenvalue weighted by Gasteiger charge is -2.11. The average molecular weight is 379 g/mol. The molecule has 27 heavy (non-hydrogen) atoms. The van der Waals surface area contributed by atoms with Crippen LogP contribution >= 0.6 is 11.8 Å². The maximum atomic E-state index is 11.7. The number of aromatic nitrogens is 2. The summed E-state index contributed by atoms with van der Waals surface area (Å²) in [4.78, 5) is 20.8. The molecule has 0 spiro atoms. The zero-order valence-corrected chi connectivity index (χ0v) is 16.3. The lowest BCUT2D eigenvalue weighted by molar-refractivity contribution is -0.137. The van der Waals surface area contributed by atoms with Gasteiger partial charge in [-0.25, -0.2) is 9.97 Å². The molecule has 0 saturated heterocycles. The Morgan fingerprint density at radius 1 is 1.04 bits per heavy atom. The van der Waals surface area contributed by atoms with Crippen LogP contribution in [0.2, 0.25) is 0 Å². The van der Waals surface area contributed by atoms with E-state index in [0.29, 0.717) is 16.7 Å². The fraction of sp³-hybridized carbons (Fsp3) is 0.190. The number of esters is 1. The average Bonchev–Trinajstić information content (AvgIpc) is 2.69. The number of ether oxygens (including phenoxy) is 1. The summed E-state index contributed by atoms with van der Waals surface area (Å²) in [6.07, 6.45) is 1.95. The molecule has 0 saturated carbocycles. The van der Waals surface area contributed by atoms with Gasteiger partial charge in [0.15, 0.2) is 5.16 Å². The minimum Gasteiger partial charge on any atom is -0.426 e. The molecular formula is C21H21N3O2S. The zero-order valence-electron chi connectivity index (χ0n) is 15.5. The Morgan fingerprint density at radius 3 is 2.37 bits per heavy atom. The minimum atomic E-state index is -0.247. The molecule has 138 valence electrons. The van der Waals surface area contributed by atoms with Crippen molar-refractivity contribution in [2.45, 2.75) is 19.0 Å². The number of benzene rings is 2. The van der Waals surface area contributed by atoms with Crippen molar-refractivity contribution in [3.63, 3.8) is 0 Å². The number of anilines is 2. The Morgan fingerprint density at radius 2 is 1.74 bits per heavy atom. The molecule has 0 unspecified atom stereocenters. The van der Waals surface area contributed by atoms with E-state index in [9.17, 15) is 4.79 Å². The molecule has 0 bridgehead atoms. The van der Waals surface area contributed by atoms with Crippen LogP contribution in [-0.4, -0.2) is 22.2 Å². The summed E-state index contributed by atoms with van der Waals surface area (Å²) in [5.41, 5.74) is 2.75. The highest BCUT2D eigenvalue weighted by Gasteiger charge is 2.10. The molecule has 0 fully saturated rings. The van der Waals surface area contributed by atoms with Gasteiger partial charge in [-0.15, -0.1) is 0 Å². The molecule has 0 aliphatic rings.